The Morgan fingerprint density at radius 1 is 1.35 bits per heavy atom. The normalized spacial score (nSPS) is 22.3. The van der Waals surface area contributed by atoms with Crippen LogP contribution in [0.5, 0.6) is 0 Å². The highest BCUT2D eigenvalue weighted by Crippen LogP contribution is 2.17. The van der Waals surface area contributed by atoms with Crippen LogP contribution in [0.3, 0.4) is 0 Å². The van der Waals surface area contributed by atoms with Gasteiger partial charge in [0.25, 0.3) is 0 Å². The number of carbonyl (C=O) groups excluding carboxylic acids is 1. The van der Waals surface area contributed by atoms with E-state index < -0.39 is 24.1 Å². The minimum Gasteiger partial charge on any atom is -0.480 e. The predicted molar refractivity (Wildman–Crippen MR) is 74.6 cm³/mol. The topological polar surface area (TPSA) is 93.1 Å². The van der Waals surface area contributed by atoms with Crippen molar-refractivity contribution < 1.29 is 19.8 Å². The number of aliphatic carboxylic acids is 1. The van der Waals surface area contributed by atoms with Gasteiger partial charge in [0, 0.05) is 26.1 Å². The minimum atomic E-state index is -1.07. The molecule has 0 saturated carbocycles. The molecule has 7 nitrogen and oxygen atoms in total. The minimum absolute atomic E-state index is 0.0786. The maximum Gasteiger partial charge on any atom is 0.326 e. The van der Waals surface area contributed by atoms with Gasteiger partial charge in [-0.05, 0) is 19.5 Å². The van der Waals surface area contributed by atoms with E-state index in [-0.39, 0.29) is 13.0 Å². The zero-order chi connectivity index (χ0) is 15.1. The number of carboxylic acids is 1. The fourth-order valence-electron chi connectivity index (χ4n) is 2.44. The molecule has 2 amide bonds. The van der Waals surface area contributed by atoms with E-state index in [1.165, 1.54) is 4.90 Å². The second kappa shape index (κ2) is 8.06. The van der Waals surface area contributed by atoms with Gasteiger partial charge in [0.2, 0.25) is 0 Å². The fraction of sp³-hybridized carbons (Fsp3) is 0.846. The standard InChI is InChI=1S/C13H25N3O4/c1-3-6-15(4-2)7-5-14-13(20)16-9-10(17)8-11(16)12(18)19/h10-11,17H,3-9H2,1-2H3,(H,14,20)(H,18,19). The first-order valence-corrected chi connectivity index (χ1v) is 7.17. The number of aliphatic hydroxyl groups is 1. The van der Waals surface area contributed by atoms with Crippen molar-refractivity contribution in [1.29, 1.82) is 0 Å². The molecule has 7 heteroatoms. The Labute approximate surface area is 119 Å². The summed E-state index contributed by atoms with van der Waals surface area (Å²) < 4.78 is 0. The summed E-state index contributed by atoms with van der Waals surface area (Å²) in [5, 5.41) is 21.3. The average Bonchev–Trinajstić information content (AvgIpc) is 2.80. The summed E-state index contributed by atoms with van der Waals surface area (Å²) in [5.41, 5.74) is 0. The van der Waals surface area contributed by atoms with Gasteiger partial charge in [0.15, 0.2) is 0 Å². The summed E-state index contributed by atoms with van der Waals surface area (Å²) in [6.07, 6.45) is 0.398. The molecular weight excluding hydrogens is 262 g/mol. The number of amides is 2. The van der Waals surface area contributed by atoms with Gasteiger partial charge >= 0.3 is 12.0 Å². The lowest BCUT2D eigenvalue weighted by Gasteiger charge is -2.23. The van der Waals surface area contributed by atoms with Gasteiger partial charge in [-0.25, -0.2) is 9.59 Å². The maximum absolute atomic E-state index is 12.0. The van der Waals surface area contributed by atoms with E-state index in [1.807, 2.05) is 0 Å². The molecule has 0 spiro atoms. The Morgan fingerprint density at radius 2 is 2.05 bits per heavy atom. The van der Waals surface area contributed by atoms with Gasteiger partial charge < -0.3 is 25.3 Å². The van der Waals surface area contributed by atoms with E-state index in [9.17, 15) is 14.7 Å². The van der Waals surface area contributed by atoms with Crippen molar-refractivity contribution in [1.82, 2.24) is 15.1 Å². The van der Waals surface area contributed by atoms with Crippen LogP contribution < -0.4 is 5.32 Å². The number of nitrogens with one attached hydrogen (secondary N) is 1. The number of likely N-dealkylation sites (tertiary alicyclic amines) is 1. The highest BCUT2D eigenvalue weighted by molar-refractivity contribution is 5.83. The third kappa shape index (κ3) is 4.64. The number of carboxylic acid groups (broad SMARTS) is 1. The van der Waals surface area contributed by atoms with Crippen LogP contribution in [0, 0.1) is 0 Å². The van der Waals surface area contributed by atoms with Crippen LogP contribution in [0.15, 0.2) is 0 Å². The number of β-amino-alcohol motifs (C(OH)–C–C–N with tert-alkyl or cyclic N) is 1. The summed E-state index contributed by atoms with van der Waals surface area (Å²) in [7, 11) is 0. The number of rotatable bonds is 7. The van der Waals surface area contributed by atoms with Gasteiger partial charge in [-0.15, -0.1) is 0 Å². The Balaban J connectivity index is 2.40. The van der Waals surface area contributed by atoms with Crippen LogP contribution in [-0.2, 0) is 4.79 Å². The molecule has 1 aliphatic rings. The lowest BCUT2D eigenvalue weighted by atomic mass is 10.2. The summed E-state index contributed by atoms with van der Waals surface area (Å²) in [6.45, 7) is 7.36. The van der Waals surface area contributed by atoms with Crippen LogP contribution >= 0.6 is 0 Å². The Kier molecular flexibility index (Phi) is 6.74. The van der Waals surface area contributed by atoms with Crippen molar-refractivity contribution in [3.63, 3.8) is 0 Å². The molecule has 2 unspecified atom stereocenters. The van der Waals surface area contributed by atoms with Gasteiger partial charge in [0.1, 0.15) is 6.04 Å². The molecule has 1 aliphatic heterocycles. The molecule has 20 heavy (non-hydrogen) atoms. The summed E-state index contributed by atoms with van der Waals surface area (Å²) >= 11 is 0. The average molecular weight is 287 g/mol. The monoisotopic (exact) mass is 287 g/mol. The number of hydrogen-bond acceptors (Lipinski definition) is 4. The molecule has 2 atom stereocenters. The Hall–Kier alpha value is -1.34. The van der Waals surface area contributed by atoms with Crippen molar-refractivity contribution in [2.75, 3.05) is 32.7 Å². The van der Waals surface area contributed by atoms with Crippen LogP contribution in [0.2, 0.25) is 0 Å². The lowest BCUT2D eigenvalue weighted by Crippen LogP contribution is -2.47. The summed E-state index contributed by atoms with van der Waals surface area (Å²) in [4.78, 5) is 26.4. The van der Waals surface area contributed by atoms with Crippen LogP contribution in [0.1, 0.15) is 26.7 Å². The molecule has 0 aliphatic carbocycles. The molecule has 1 fully saturated rings. The number of aliphatic hydroxyl groups excluding tert-OH is 1. The van der Waals surface area contributed by atoms with E-state index in [0.717, 1.165) is 26.1 Å². The molecule has 0 aromatic carbocycles. The molecule has 116 valence electrons. The first-order valence-electron chi connectivity index (χ1n) is 7.17. The summed E-state index contributed by atoms with van der Waals surface area (Å²) in [5.74, 6) is -1.07. The third-order valence-corrected chi connectivity index (χ3v) is 3.52. The Morgan fingerprint density at radius 3 is 2.60 bits per heavy atom. The number of hydrogen-bond donors (Lipinski definition) is 3. The van der Waals surface area contributed by atoms with E-state index in [0.29, 0.717) is 6.54 Å². The van der Waals surface area contributed by atoms with Gasteiger partial charge in [-0.1, -0.05) is 13.8 Å². The highest BCUT2D eigenvalue weighted by atomic mass is 16.4. The zero-order valence-corrected chi connectivity index (χ0v) is 12.2. The number of nitrogens with zero attached hydrogens (tertiary/aromatic N) is 2. The molecule has 1 rings (SSSR count). The van der Waals surface area contributed by atoms with Crippen LogP contribution in [-0.4, -0.2) is 76.9 Å². The van der Waals surface area contributed by atoms with Crippen molar-refractivity contribution in [3.05, 3.63) is 0 Å². The quantitative estimate of drug-likeness (QED) is 0.610. The van der Waals surface area contributed by atoms with Crippen molar-refractivity contribution in [2.45, 2.75) is 38.8 Å². The molecule has 0 bridgehead atoms. The second-order valence-corrected chi connectivity index (χ2v) is 5.06. The summed E-state index contributed by atoms with van der Waals surface area (Å²) in [6, 6.07) is -1.34. The van der Waals surface area contributed by atoms with Crippen LogP contribution in [0.4, 0.5) is 4.79 Å². The molecule has 1 saturated heterocycles. The van der Waals surface area contributed by atoms with Crippen molar-refractivity contribution in [2.24, 2.45) is 0 Å². The van der Waals surface area contributed by atoms with Gasteiger partial charge in [-0.2, -0.15) is 0 Å². The fourth-order valence-corrected chi connectivity index (χ4v) is 2.44. The second-order valence-electron chi connectivity index (χ2n) is 5.06. The molecular formula is C13H25N3O4. The largest absolute Gasteiger partial charge is 0.480 e. The predicted octanol–water partition coefficient (Wildman–Crippen LogP) is -0.0523. The first-order chi connectivity index (χ1) is 9.49. The number of urea groups is 1. The highest BCUT2D eigenvalue weighted by Gasteiger charge is 2.38. The number of carbonyl (C=O) groups is 2. The SMILES string of the molecule is CCCN(CC)CCNC(=O)N1CC(O)CC1C(=O)O. The third-order valence-electron chi connectivity index (χ3n) is 3.52. The molecule has 3 N–H and O–H groups in total. The van der Waals surface area contributed by atoms with E-state index >= 15 is 0 Å². The van der Waals surface area contributed by atoms with E-state index in [1.54, 1.807) is 0 Å². The molecule has 0 aromatic heterocycles. The maximum atomic E-state index is 12.0. The van der Waals surface area contributed by atoms with Gasteiger partial charge in [-0.3, -0.25) is 0 Å². The van der Waals surface area contributed by atoms with E-state index in [4.69, 9.17) is 5.11 Å². The lowest BCUT2D eigenvalue weighted by molar-refractivity contribution is -0.141. The van der Waals surface area contributed by atoms with Crippen LogP contribution in [0.25, 0.3) is 0 Å². The van der Waals surface area contributed by atoms with Crippen molar-refractivity contribution >= 4 is 12.0 Å². The van der Waals surface area contributed by atoms with E-state index in [2.05, 4.69) is 24.1 Å². The molecule has 0 radical (unpaired) electrons. The first kappa shape index (κ1) is 16.7. The Bertz CT molecular complexity index is 338. The number of likely N-dealkylation sites (N-methyl/N-ethyl adjacent to an activating group) is 1. The van der Waals surface area contributed by atoms with Gasteiger partial charge in [0.05, 0.1) is 6.10 Å². The molecule has 0 aromatic rings. The molecule has 1 heterocycles. The zero-order valence-electron chi connectivity index (χ0n) is 12.2. The smallest absolute Gasteiger partial charge is 0.326 e. The van der Waals surface area contributed by atoms with Crippen molar-refractivity contribution in [3.8, 4) is 0 Å².